The van der Waals surface area contributed by atoms with E-state index in [1.807, 2.05) is 0 Å². The summed E-state index contributed by atoms with van der Waals surface area (Å²) in [5.41, 5.74) is 21.3. The van der Waals surface area contributed by atoms with Gasteiger partial charge in [-0.25, -0.2) is 0 Å². The molecule has 5 nitrogen and oxygen atoms in total. The van der Waals surface area contributed by atoms with Gasteiger partial charge in [0.25, 0.3) is 0 Å². The number of furan rings is 3. The summed E-state index contributed by atoms with van der Waals surface area (Å²) in [5.74, 6) is 0. The van der Waals surface area contributed by atoms with Crippen LogP contribution in [0.4, 0.5) is 11.4 Å². The highest BCUT2D eigenvalue weighted by Crippen LogP contribution is 2.55. The van der Waals surface area contributed by atoms with Gasteiger partial charge in [-0.2, -0.15) is 0 Å². The minimum atomic E-state index is -0.328. The first-order valence-corrected chi connectivity index (χ1v) is 25.6. The van der Waals surface area contributed by atoms with Crippen LogP contribution in [0.25, 0.3) is 93.5 Å². The van der Waals surface area contributed by atoms with Crippen LogP contribution in [-0.4, -0.2) is 11.4 Å². The number of nitrogens with zero attached hydrogens (tertiary/aromatic N) is 2. The van der Waals surface area contributed by atoms with Gasteiger partial charge in [0.05, 0.1) is 22.1 Å². The lowest BCUT2D eigenvalue weighted by Crippen LogP contribution is -2.60. The molecule has 14 rings (SSSR count). The third kappa shape index (κ3) is 5.51. The zero-order chi connectivity index (χ0) is 48.5. The normalized spacial score (nSPS) is 16.4. The first-order valence-electron chi connectivity index (χ1n) is 25.6. The van der Waals surface area contributed by atoms with Gasteiger partial charge in [-0.15, -0.1) is 0 Å². The molecule has 348 valence electrons. The molecule has 0 unspecified atom stereocenters. The van der Waals surface area contributed by atoms with Gasteiger partial charge in [-0.05, 0) is 145 Å². The first kappa shape index (κ1) is 42.2. The van der Waals surface area contributed by atoms with Crippen LogP contribution in [0.2, 0.25) is 0 Å². The lowest BCUT2D eigenvalue weighted by Gasteiger charge is -2.41. The molecule has 0 saturated heterocycles. The van der Waals surface area contributed by atoms with E-state index in [0.717, 1.165) is 101 Å². The molecule has 7 aromatic carbocycles. The van der Waals surface area contributed by atoms with E-state index >= 15 is 0 Å². The van der Waals surface area contributed by atoms with Crippen molar-refractivity contribution in [2.75, 3.05) is 4.81 Å². The smallest absolute Gasteiger partial charge is 0.376 e. The largest absolute Gasteiger partial charge is 0.466 e. The Labute approximate surface area is 410 Å². The summed E-state index contributed by atoms with van der Waals surface area (Å²) in [4.78, 5) is 2.61. The van der Waals surface area contributed by atoms with Gasteiger partial charge in [0, 0.05) is 49.3 Å². The van der Waals surface area contributed by atoms with Crippen LogP contribution >= 0.6 is 0 Å². The summed E-state index contributed by atoms with van der Waals surface area (Å²) in [6.45, 7) is 30.0. The Kier molecular flexibility index (Phi) is 7.96. The molecule has 0 bridgehead atoms. The predicted molar refractivity (Wildman–Crippen MR) is 296 cm³/mol. The van der Waals surface area contributed by atoms with Gasteiger partial charge in [0.1, 0.15) is 33.6 Å². The minimum Gasteiger partial charge on any atom is -0.466 e. The SMILES string of the molecule is CC(C)(C)c1ccc(N2B3c4oc5ccc(C(C)(C)C)cc5c4-n4c5ccc(C(C)(C)C)cc5c5c6oc7ccccc7c6c(c3c54)-c3cc4oc5cc6c(cc5c4cc32)C(C)(C)CCC6(C)C)cc1. The number of para-hydroxylation sites is 1. The van der Waals surface area contributed by atoms with Crippen molar-refractivity contribution in [2.45, 2.75) is 130 Å². The van der Waals surface area contributed by atoms with Gasteiger partial charge < -0.3 is 22.6 Å². The van der Waals surface area contributed by atoms with Crippen LogP contribution in [0.5, 0.6) is 0 Å². The number of benzene rings is 7. The van der Waals surface area contributed by atoms with Crippen molar-refractivity contribution in [3.05, 3.63) is 137 Å². The molecule has 0 saturated carbocycles. The fraction of sp³-hybridized carbons (Fsp3) is 0.312. The topological polar surface area (TPSA) is 47.6 Å². The van der Waals surface area contributed by atoms with Crippen molar-refractivity contribution >= 4 is 106 Å². The summed E-state index contributed by atoms with van der Waals surface area (Å²) in [6.07, 6.45) is 2.29. The molecular weight excluding hydrogens is 856 g/mol. The molecule has 0 N–H and O–H groups in total. The lowest BCUT2D eigenvalue weighted by atomic mass is 9.46. The maximum Gasteiger partial charge on any atom is 0.376 e. The molecule has 1 aliphatic carbocycles. The average Bonchev–Trinajstić information content (AvgIpc) is 4.06. The molecule has 0 radical (unpaired) electrons. The highest BCUT2D eigenvalue weighted by molar-refractivity contribution is 6.93. The van der Waals surface area contributed by atoms with E-state index in [1.54, 1.807) is 0 Å². The van der Waals surface area contributed by atoms with Crippen molar-refractivity contribution in [3.63, 3.8) is 0 Å². The van der Waals surface area contributed by atoms with Crippen molar-refractivity contribution in [1.82, 2.24) is 4.57 Å². The first-order chi connectivity index (χ1) is 33.1. The average molecular weight is 917 g/mol. The van der Waals surface area contributed by atoms with Crippen LogP contribution in [0.1, 0.15) is 131 Å². The second kappa shape index (κ2) is 13.2. The van der Waals surface area contributed by atoms with E-state index in [9.17, 15) is 0 Å². The molecule has 3 aliphatic rings. The van der Waals surface area contributed by atoms with Gasteiger partial charge >= 0.3 is 6.85 Å². The highest BCUT2D eigenvalue weighted by Gasteiger charge is 2.49. The highest BCUT2D eigenvalue weighted by atomic mass is 16.3. The second-order valence-electron chi connectivity index (χ2n) is 25.6. The molecule has 0 atom stereocenters. The van der Waals surface area contributed by atoms with E-state index < -0.39 is 0 Å². The van der Waals surface area contributed by atoms with Crippen molar-refractivity contribution < 1.29 is 13.3 Å². The maximum atomic E-state index is 7.50. The summed E-state index contributed by atoms with van der Waals surface area (Å²) < 4.78 is 24.5. The summed E-state index contributed by atoms with van der Waals surface area (Å²) in [7, 11) is 0. The van der Waals surface area contributed by atoms with Gasteiger partial charge in [0.15, 0.2) is 0 Å². The molecule has 70 heavy (non-hydrogen) atoms. The zero-order valence-electron chi connectivity index (χ0n) is 43.0. The monoisotopic (exact) mass is 916 g/mol. The summed E-state index contributed by atoms with van der Waals surface area (Å²) >= 11 is 0. The van der Waals surface area contributed by atoms with Gasteiger partial charge in [0.2, 0.25) is 0 Å². The van der Waals surface area contributed by atoms with E-state index in [-0.39, 0.29) is 33.9 Å². The number of anilines is 2. The van der Waals surface area contributed by atoms with Gasteiger partial charge in [-0.1, -0.05) is 132 Å². The second-order valence-corrected chi connectivity index (χ2v) is 25.6. The third-order valence-electron chi connectivity index (χ3n) is 17.1. The fourth-order valence-corrected chi connectivity index (χ4v) is 12.9. The van der Waals surface area contributed by atoms with Crippen LogP contribution in [-0.2, 0) is 27.1 Å². The van der Waals surface area contributed by atoms with Crippen molar-refractivity contribution in [3.8, 4) is 16.8 Å². The molecule has 6 heterocycles. The predicted octanol–water partition coefficient (Wildman–Crippen LogP) is 16.8. The Balaban J connectivity index is 1.21. The molecule has 0 spiro atoms. The van der Waals surface area contributed by atoms with E-state index in [0.29, 0.717) is 0 Å². The molecular formula is C64H61BN2O3. The Morgan fingerprint density at radius 1 is 0.514 bits per heavy atom. The molecule has 2 aliphatic heterocycles. The van der Waals surface area contributed by atoms with E-state index in [2.05, 4.69) is 209 Å². The number of hydrogen-bond acceptors (Lipinski definition) is 4. The fourth-order valence-electron chi connectivity index (χ4n) is 12.9. The van der Waals surface area contributed by atoms with Crippen LogP contribution < -0.4 is 15.9 Å². The molecule has 0 fully saturated rings. The van der Waals surface area contributed by atoms with E-state index in [1.165, 1.54) is 55.1 Å². The van der Waals surface area contributed by atoms with E-state index in [4.69, 9.17) is 13.3 Å². The molecule has 6 heteroatoms. The van der Waals surface area contributed by atoms with Crippen LogP contribution in [0, 0.1) is 0 Å². The number of aromatic nitrogens is 1. The van der Waals surface area contributed by atoms with Crippen LogP contribution in [0.3, 0.4) is 0 Å². The number of hydrogen-bond donors (Lipinski definition) is 0. The standard InChI is InChI=1S/C64H61BN2O3/c1-60(2,3)34-18-22-37(23-19-34)67-47-31-40-39-30-44-45(64(12,13)27-26-63(44,10)11)33-51(39)68-50(40)32-42(47)52-53-38-16-14-15-17-48(38)69-58(53)54-41-28-35(61(4,5)6)20-24-46(41)66-56-43-29-36(62(7,8)9)21-25-49(43)70-59(56)65(67)55(52)57(54)66/h14-25,28-33H,26-27H2,1-13H3. The molecule has 11 aromatic rings. The van der Waals surface area contributed by atoms with Crippen molar-refractivity contribution in [2.24, 2.45) is 0 Å². The quantitative estimate of drug-likeness (QED) is 0.154. The number of fused-ring (bicyclic) bond motifs is 19. The minimum absolute atomic E-state index is 0.0112. The number of rotatable bonds is 1. The Bertz CT molecular complexity index is 4130. The third-order valence-corrected chi connectivity index (χ3v) is 17.1. The molecule has 4 aromatic heterocycles. The molecule has 0 amide bonds. The lowest BCUT2D eigenvalue weighted by molar-refractivity contribution is 0.332. The Hall–Kier alpha value is -6.66. The zero-order valence-corrected chi connectivity index (χ0v) is 43.0. The Morgan fingerprint density at radius 3 is 1.81 bits per heavy atom. The maximum absolute atomic E-state index is 7.50. The summed E-state index contributed by atoms with van der Waals surface area (Å²) in [6, 6.07) is 41.6. The van der Waals surface area contributed by atoms with Crippen LogP contribution in [0.15, 0.2) is 122 Å². The van der Waals surface area contributed by atoms with Gasteiger partial charge in [-0.3, -0.25) is 0 Å². The Morgan fingerprint density at radius 2 is 1.11 bits per heavy atom. The summed E-state index contributed by atoms with van der Waals surface area (Å²) in [5, 5.41) is 8.01. The van der Waals surface area contributed by atoms with Crippen molar-refractivity contribution in [1.29, 1.82) is 0 Å².